The van der Waals surface area contributed by atoms with Gasteiger partial charge in [-0.2, -0.15) is 0 Å². The van der Waals surface area contributed by atoms with Crippen molar-refractivity contribution in [2.45, 2.75) is 19.8 Å². The molecule has 0 saturated carbocycles. The maximum atomic E-state index is 5.77. The molecule has 0 aliphatic carbocycles. The second-order valence-corrected chi connectivity index (χ2v) is 5.25. The summed E-state index contributed by atoms with van der Waals surface area (Å²) >= 11 is 0. The second-order valence-electron chi connectivity index (χ2n) is 5.25. The minimum Gasteiger partial charge on any atom is -0.492 e. The molecule has 3 heteroatoms. The third-order valence-electron chi connectivity index (χ3n) is 3.84. The predicted molar refractivity (Wildman–Crippen MR) is 79.6 cm³/mol. The van der Waals surface area contributed by atoms with E-state index in [1.807, 2.05) is 30.3 Å². The lowest BCUT2D eigenvalue weighted by molar-refractivity contribution is 0.178. The molecule has 1 fully saturated rings. The molecule has 0 unspecified atom stereocenters. The fourth-order valence-corrected chi connectivity index (χ4v) is 2.62. The standard InChI is InChI=1S/C16H26N2O/c1-2-18(14-15-8-10-17-11-9-15)12-13-19-16-6-4-3-5-7-16/h3-7,15,17H,2,8-14H2,1H3. The number of rotatable bonds is 7. The summed E-state index contributed by atoms with van der Waals surface area (Å²) in [5, 5.41) is 3.43. The molecule has 1 aromatic carbocycles. The number of para-hydroxylation sites is 1. The first-order valence-electron chi connectivity index (χ1n) is 7.49. The van der Waals surface area contributed by atoms with E-state index in [4.69, 9.17) is 4.74 Å². The molecule has 106 valence electrons. The second kappa shape index (κ2) is 8.18. The minimum atomic E-state index is 0.781. The summed E-state index contributed by atoms with van der Waals surface area (Å²) in [6, 6.07) is 10.1. The maximum Gasteiger partial charge on any atom is 0.119 e. The number of piperidine rings is 1. The van der Waals surface area contributed by atoms with Gasteiger partial charge in [-0.1, -0.05) is 25.1 Å². The topological polar surface area (TPSA) is 24.5 Å². The molecule has 1 heterocycles. The molecule has 0 atom stereocenters. The lowest BCUT2D eigenvalue weighted by Gasteiger charge is -2.29. The smallest absolute Gasteiger partial charge is 0.119 e. The zero-order valence-corrected chi connectivity index (χ0v) is 12.0. The number of ether oxygens (including phenoxy) is 1. The third kappa shape index (κ3) is 5.21. The fourth-order valence-electron chi connectivity index (χ4n) is 2.62. The van der Waals surface area contributed by atoms with Gasteiger partial charge in [-0.05, 0) is 50.5 Å². The molecule has 0 bridgehead atoms. The first-order chi connectivity index (χ1) is 9.38. The molecular formula is C16H26N2O. The molecule has 1 aliphatic rings. The van der Waals surface area contributed by atoms with Crippen molar-refractivity contribution >= 4 is 0 Å². The number of benzene rings is 1. The van der Waals surface area contributed by atoms with E-state index < -0.39 is 0 Å². The summed E-state index contributed by atoms with van der Waals surface area (Å²) < 4.78 is 5.77. The van der Waals surface area contributed by atoms with Crippen LogP contribution >= 0.6 is 0 Å². The number of likely N-dealkylation sites (N-methyl/N-ethyl adjacent to an activating group) is 1. The van der Waals surface area contributed by atoms with Gasteiger partial charge in [-0.3, -0.25) is 4.90 Å². The Hall–Kier alpha value is -1.06. The fraction of sp³-hybridized carbons (Fsp3) is 0.625. The highest BCUT2D eigenvalue weighted by molar-refractivity contribution is 5.20. The van der Waals surface area contributed by atoms with E-state index in [1.165, 1.54) is 32.5 Å². The Morgan fingerprint density at radius 3 is 2.63 bits per heavy atom. The van der Waals surface area contributed by atoms with Crippen LogP contribution < -0.4 is 10.1 Å². The van der Waals surface area contributed by atoms with Crippen LogP contribution in [0.15, 0.2) is 30.3 Å². The van der Waals surface area contributed by atoms with E-state index in [1.54, 1.807) is 0 Å². The Balaban J connectivity index is 1.67. The molecule has 19 heavy (non-hydrogen) atoms. The summed E-state index contributed by atoms with van der Waals surface area (Å²) in [4.78, 5) is 2.51. The zero-order chi connectivity index (χ0) is 13.3. The molecule has 0 aromatic heterocycles. The molecule has 1 saturated heterocycles. The van der Waals surface area contributed by atoms with Crippen molar-refractivity contribution in [3.8, 4) is 5.75 Å². The van der Waals surface area contributed by atoms with E-state index >= 15 is 0 Å². The minimum absolute atomic E-state index is 0.781. The summed E-state index contributed by atoms with van der Waals surface area (Å²) in [7, 11) is 0. The number of hydrogen-bond donors (Lipinski definition) is 1. The van der Waals surface area contributed by atoms with E-state index in [9.17, 15) is 0 Å². The molecule has 0 amide bonds. The predicted octanol–water partition coefficient (Wildman–Crippen LogP) is 2.39. The average molecular weight is 262 g/mol. The lowest BCUT2D eigenvalue weighted by Crippen LogP contribution is -2.37. The van der Waals surface area contributed by atoms with Gasteiger partial charge in [-0.15, -0.1) is 0 Å². The van der Waals surface area contributed by atoms with E-state index in [0.717, 1.165) is 31.4 Å². The van der Waals surface area contributed by atoms with Crippen LogP contribution in [0.3, 0.4) is 0 Å². The Morgan fingerprint density at radius 1 is 1.21 bits per heavy atom. The van der Waals surface area contributed by atoms with Crippen LogP contribution in [0.5, 0.6) is 5.75 Å². The molecule has 1 aromatic rings. The van der Waals surface area contributed by atoms with Crippen molar-refractivity contribution < 1.29 is 4.74 Å². The highest BCUT2D eigenvalue weighted by atomic mass is 16.5. The van der Waals surface area contributed by atoms with Gasteiger partial charge in [0.25, 0.3) is 0 Å². The van der Waals surface area contributed by atoms with Crippen LogP contribution in [0.25, 0.3) is 0 Å². The Kier molecular flexibility index (Phi) is 6.18. The van der Waals surface area contributed by atoms with Crippen LogP contribution in [0.4, 0.5) is 0 Å². The Morgan fingerprint density at radius 2 is 1.95 bits per heavy atom. The molecule has 1 N–H and O–H groups in total. The lowest BCUT2D eigenvalue weighted by atomic mass is 9.97. The largest absolute Gasteiger partial charge is 0.492 e. The molecule has 1 aliphatic heterocycles. The molecule has 0 spiro atoms. The Bertz CT molecular complexity index is 336. The van der Waals surface area contributed by atoms with Crippen molar-refractivity contribution in [2.24, 2.45) is 5.92 Å². The summed E-state index contributed by atoms with van der Waals surface area (Å²) in [5.74, 6) is 1.83. The van der Waals surface area contributed by atoms with Crippen molar-refractivity contribution in [1.29, 1.82) is 0 Å². The third-order valence-corrected chi connectivity index (χ3v) is 3.84. The van der Waals surface area contributed by atoms with E-state index in [0.29, 0.717) is 0 Å². The highest BCUT2D eigenvalue weighted by Crippen LogP contribution is 2.13. The van der Waals surface area contributed by atoms with Gasteiger partial charge in [0, 0.05) is 13.1 Å². The van der Waals surface area contributed by atoms with E-state index in [2.05, 4.69) is 17.1 Å². The van der Waals surface area contributed by atoms with Crippen molar-refractivity contribution in [2.75, 3.05) is 39.3 Å². The number of nitrogens with zero attached hydrogens (tertiary/aromatic N) is 1. The van der Waals surface area contributed by atoms with Crippen LogP contribution in [0.1, 0.15) is 19.8 Å². The summed E-state index contributed by atoms with van der Waals surface area (Å²) in [6.07, 6.45) is 2.63. The summed E-state index contributed by atoms with van der Waals surface area (Å²) in [5.41, 5.74) is 0. The molecule has 2 rings (SSSR count). The van der Waals surface area contributed by atoms with Gasteiger partial charge in [0.05, 0.1) is 0 Å². The molecule has 3 nitrogen and oxygen atoms in total. The van der Waals surface area contributed by atoms with Crippen molar-refractivity contribution in [1.82, 2.24) is 10.2 Å². The van der Waals surface area contributed by atoms with Crippen molar-refractivity contribution in [3.63, 3.8) is 0 Å². The monoisotopic (exact) mass is 262 g/mol. The Labute approximate surface area is 116 Å². The summed E-state index contributed by atoms with van der Waals surface area (Å²) in [6.45, 7) is 8.74. The van der Waals surface area contributed by atoms with Gasteiger partial charge < -0.3 is 10.1 Å². The SMILES string of the molecule is CCN(CCOc1ccccc1)CC1CCNCC1. The quantitative estimate of drug-likeness (QED) is 0.816. The van der Waals surface area contributed by atoms with Gasteiger partial charge >= 0.3 is 0 Å². The van der Waals surface area contributed by atoms with Crippen LogP contribution in [-0.2, 0) is 0 Å². The number of hydrogen-bond acceptors (Lipinski definition) is 3. The normalized spacial score (nSPS) is 16.7. The van der Waals surface area contributed by atoms with Gasteiger partial charge in [0.15, 0.2) is 0 Å². The average Bonchev–Trinajstić information content (AvgIpc) is 2.48. The van der Waals surface area contributed by atoms with Gasteiger partial charge in [0.1, 0.15) is 12.4 Å². The van der Waals surface area contributed by atoms with Crippen LogP contribution in [-0.4, -0.2) is 44.2 Å². The van der Waals surface area contributed by atoms with Gasteiger partial charge in [0.2, 0.25) is 0 Å². The first-order valence-corrected chi connectivity index (χ1v) is 7.49. The maximum absolute atomic E-state index is 5.77. The van der Waals surface area contributed by atoms with Gasteiger partial charge in [-0.25, -0.2) is 0 Å². The van der Waals surface area contributed by atoms with Crippen LogP contribution in [0, 0.1) is 5.92 Å². The van der Waals surface area contributed by atoms with Crippen LogP contribution in [0.2, 0.25) is 0 Å². The number of nitrogens with one attached hydrogen (secondary N) is 1. The molecular weight excluding hydrogens is 236 g/mol. The highest BCUT2D eigenvalue weighted by Gasteiger charge is 2.15. The van der Waals surface area contributed by atoms with E-state index in [-0.39, 0.29) is 0 Å². The van der Waals surface area contributed by atoms with Crippen molar-refractivity contribution in [3.05, 3.63) is 30.3 Å². The zero-order valence-electron chi connectivity index (χ0n) is 12.0. The molecule has 0 radical (unpaired) electrons. The first kappa shape index (κ1) is 14.4.